The zero-order valence-corrected chi connectivity index (χ0v) is 31.0. The average Bonchev–Trinajstić information content (AvgIpc) is 3.82. The zero-order valence-electron chi connectivity index (χ0n) is 30.2. The van der Waals surface area contributed by atoms with Crippen molar-refractivity contribution in [1.82, 2.24) is 19.5 Å². The Hall–Kier alpha value is -7.21. The number of aromatic nitrogens is 4. The molecule has 0 saturated carbocycles. The van der Waals surface area contributed by atoms with Crippen LogP contribution in [0.5, 0.6) is 0 Å². The first kappa shape index (κ1) is 32.2. The summed E-state index contributed by atoms with van der Waals surface area (Å²) in [6, 6.07) is 68.6. The Bertz CT molecular complexity index is 3240. The predicted molar refractivity (Wildman–Crippen MR) is 234 cm³/mol. The van der Waals surface area contributed by atoms with Crippen LogP contribution in [0, 0.1) is 0 Å². The first-order valence-electron chi connectivity index (χ1n) is 18.8. The number of thiophene rings is 1. The van der Waals surface area contributed by atoms with Crippen molar-refractivity contribution in [3.05, 3.63) is 194 Å². The van der Waals surface area contributed by atoms with Gasteiger partial charge in [0.15, 0.2) is 17.5 Å². The van der Waals surface area contributed by atoms with Gasteiger partial charge in [0.1, 0.15) is 0 Å². The number of hydrogen-bond acceptors (Lipinski definition) is 4. The Morgan fingerprint density at radius 1 is 0.321 bits per heavy atom. The number of para-hydroxylation sites is 1. The number of fused-ring (bicyclic) bond motifs is 6. The molecule has 0 aliphatic rings. The number of hydrogen-bond donors (Lipinski definition) is 0. The molecule has 0 radical (unpaired) electrons. The lowest BCUT2D eigenvalue weighted by Crippen LogP contribution is -2.01. The van der Waals surface area contributed by atoms with E-state index in [4.69, 9.17) is 15.0 Å². The van der Waals surface area contributed by atoms with Gasteiger partial charge in [0.05, 0.1) is 11.0 Å². The Kier molecular flexibility index (Phi) is 7.64. The summed E-state index contributed by atoms with van der Waals surface area (Å²) in [6.07, 6.45) is 0. The van der Waals surface area contributed by atoms with Gasteiger partial charge in [0.25, 0.3) is 0 Å². The largest absolute Gasteiger partial charge is 0.309 e. The summed E-state index contributed by atoms with van der Waals surface area (Å²) in [5.41, 5.74) is 10.7. The van der Waals surface area contributed by atoms with Crippen molar-refractivity contribution in [2.45, 2.75) is 0 Å². The van der Waals surface area contributed by atoms with Gasteiger partial charge in [-0.05, 0) is 58.7 Å². The van der Waals surface area contributed by atoms with Crippen LogP contribution in [0.1, 0.15) is 0 Å². The average molecular weight is 733 g/mol. The second-order valence-corrected chi connectivity index (χ2v) is 15.1. The van der Waals surface area contributed by atoms with Gasteiger partial charge in [-0.3, -0.25) is 0 Å². The third kappa shape index (κ3) is 5.48. The summed E-state index contributed by atoms with van der Waals surface area (Å²) in [6.45, 7) is 0. The summed E-state index contributed by atoms with van der Waals surface area (Å²) in [4.78, 5) is 15.6. The molecule has 262 valence electrons. The van der Waals surface area contributed by atoms with E-state index < -0.39 is 0 Å². The van der Waals surface area contributed by atoms with Crippen LogP contribution < -0.4 is 0 Å². The number of benzene rings is 8. The van der Waals surface area contributed by atoms with Crippen molar-refractivity contribution in [2.75, 3.05) is 0 Å². The Balaban J connectivity index is 1.12. The Morgan fingerprint density at radius 3 is 1.68 bits per heavy atom. The van der Waals surface area contributed by atoms with Gasteiger partial charge in [0.2, 0.25) is 0 Å². The normalized spacial score (nSPS) is 11.6. The van der Waals surface area contributed by atoms with Gasteiger partial charge in [0, 0.05) is 53.3 Å². The molecule has 0 aliphatic carbocycles. The summed E-state index contributed by atoms with van der Waals surface area (Å²) in [5, 5.41) is 4.94. The predicted octanol–water partition coefficient (Wildman–Crippen LogP) is 13.7. The quantitative estimate of drug-likeness (QED) is 0.171. The molecule has 0 aliphatic heterocycles. The molecular weight excluding hydrogens is 701 g/mol. The fraction of sp³-hybridized carbons (Fsp3) is 0. The highest BCUT2D eigenvalue weighted by molar-refractivity contribution is 7.25. The molecule has 56 heavy (non-hydrogen) atoms. The third-order valence-corrected chi connectivity index (χ3v) is 11.8. The Morgan fingerprint density at radius 2 is 0.875 bits per heavy atom. The van der Waals surface area contributed by atoms with Crippen molar-refractivity contribution in [2.24, 2.45) is 0 Å². The molecule has 0 amide bonds. The van der Waals surface area contributed by atoms with Gasteiger partial charge >= 0.3 is 0 Å². The van der Waals surface area contributed by atoms with Crippen molar-refractivity contribution in [3.63, 3.8) is 0 Å². The highest BCUT2D eigenvalue weighted by atomic mass is 32.1. The van der Waals surface area contributed by atoms with Crippen LogP contribution in [0.4, 0.5) is 0 Å². The van der Waals surface area contributed by atoms with Gasteiger partial charge < -0.3 is 4.57 Å². The van der Waals surface area contributed by atoms with Crippen LogP contribution >= 0.6 is 11.3 Å². The molecule has 0 spiro atoms. The zero-order chi connectivity index (χ0) is 37.0. The van der Waals surface area contributed by atoms with Crippen LogP contribution in [0.2, 0.25) is 0 Å². The fourth-order valence-corrected chi connectivity index (χ4v) is 9.07. The molecule has 11 rings (SSSR count). The van der Waals surface area contributed by atoms with Crippen molar-refractivity contribution < 1.29 is 0 Å². The molecule has 0 atom stereocenters. The topological polar surface area (TPSA) is 43.6 Å². The highest BCUT2D eigenvalue weighted by Gasteiger charge is 2.19. The summed E-state index contributed by atoms with van der Waals surface area (Å²) in [5.74, 6) is 1.88. The maximum atomic E-state index is 5.25. The molecule has 3 heterocycles. The molecule has 8 aromatic carbocycles. The van der Waals surface area contributed by atoms with Crippen molar-refractivity contribution >= 4 is 53.3 Å². The molecule has 0 saturated heterocycles. The molecule has 4 nitrogen and oxygen atoms in total. The second-order valence-electron chi connectivity index (χ2n) is 14.0. The monoisotopic (exact) mass is 732 g/mol. The van der Waals surface area contributed by atoms with Crippen LogP contribution in [0.15, 0.2) is 194 Å². The highest BCUT2D eigenvalue weighted by Crippen LogP contribution is 2.39. The standard InChI is InChI=1S/C51H32N4S/c1-3-13-33(14-4-1)34-23-25-36(26-24-34)49-52-50(54-51(53-49)43-20-8-7-17-39(43)35-15-5-2-6-16-35)37-27-29-41-40-18-9-11-21-45(40)55(46(41)31-37)38-28-30-48-44(32-38)42-19-10-12-22-47(42)56-48/h1-32H. The van der Waals surface area contributed by atoms with E-state index in [0.29, 0.717) is 17.5 Å². The Labute approximate surface area is 327 Å². The number of rotatable bonds is 6. The molecular formula is C51H32N4S. The lowest BCUT2D eigenvalue weighted by molar-refractivity contribution is 1.07. The smallest absolute Gasteiger partial charge is 0.164 e. The maximum Gasteiger partial charge on any atom is 0.164 e. The summed E-state index contributed by atoms with van der Waals surface area (Å²) >= 11 is 1.84. The van der Waals surface area contributed by atoms with Crippen LogP contribution in [-0.4, -0.2) is 19.5 Å². The van der Waals surface area contributed by atoms with Gasteiger partial charge in [-0.1, -0.05) is 158 Å². The fourth-order valence-electron chi connectivity index (χ4n) is 7.99. The van der Waals surface area contributed by atoms with E-state index in [0.717, 1.165) is 50.1 Å². The molecule has 0 bridgehead atoms. The SMILES string of the molecule is c1ccc(-c2ccc(-c3nc(-c4ccc5c6ccccc6n(-c6ccc7sc8ccccc8c7c6)c5c4)nc(-c4ccccc4-c4ccccc4)n3)cc2)cc1. The van der Waals surface area contributed by atoms with E-state index in [2.05, 4.69) is 187 Å². The minimum atomic E-state index is 0.623. The lowest BCUT2D eigenvalue weighted by Gasteiger charge is -2.13. The first-order chi connectivity index (χ1) is 27.7. The molecule has 0 N–H and O–H groups in total. The van der Waals surface area contributed by atoms with E-state index in [1.165, 1.54) is 36.5 Å². The van der Waals surface area contributed by atoms with E-state index in [9.17, 15) is 0 Å². The summed E-state index contributed by atoms with van der Waals surface area (Å²) in [7, 11) is 0. The van der Waals surface area contributed by atoms with Crippen LogP contribution in [0.3, 0.4) is 0 Å². The van der Waals surface area contributed by atoms with E-state index in [1.807, 2.05) is 23.5 Å². The van der Waals surface area contributed by atoms with Crippen LogP contribution in [0.25, 0.3) is 104 Å². The van der Waals surface area contributed by atoms with E-state index >= 15 is 0 Å². The van der Waals surface area contributed by atoms with Gasteiger partial charge in [-0.25, -0.2) is 15.0 Å². The molecule has 5 heteroatoms. The first-order valence-corrected chi connectivity index (χ1v) is 19.6. The molecule has 11 aromatic rings. The summed E-state index contributed by atoms with van der Waals surface area (Å²) < 4.78 is 4.97. The maximum absolute atomic E-state index is 5.25. The molecule has 3 aromatic heterocycles. The number of nitrogens with zero attached hydrogens (tertiary/aromatic N) is 4. The minimum Gasteiger partial charge on any atom is -0.309 e. The molecule has 0 fully saturated rings. The van der Waals surface area contributed by atoms with Crippen molar-refractivity contribution in [3.8, 4) is 62.1 Å². The minimum absolute atomic E-state index is 0.623. The lowest BCUT2D eigenvalue weighted by atomic mass is 9.99. The van der Waals surface area contributed by atoms with Gasteiger partial charge in [-0.2, -0.15) is 0 Å². The second kappa shape index (κ2) is 13.3. The van der Waals surface area contributed by atoms with Gasteiger partial charge in [-0.15, -0.1) is 11.3 Å². The van der Waals surface area contributed by atoms with Crippen molar-refractivity contribution in [1.29, 1.82) is 0 Å². The third-order valence-electron chi connectivity index (χ3n) is 10.7. The van der Waals surface area contributed by atoms with Crippen LogP contribution in [-0.2, 0) is 0 Å². The van der Waals surface area contributed by atoms with E-state index in [-0.39, 0.29) is 0 Å². The molecule has 0 unspecified atom stereocenters. The van der Waals surface area contributed by atoms with E-state index in [1.54, 1.807) is 0 Å².